The number of nitriles is 1. The molecule has 6 heteroatoms. The summed E-state index contributed by atoms with van der Waals surface area (Å²) in [6, 6.07) is 2.44. The molecule has 0 atom stereocenters. The first-order valence-corrected chi connectivity index (χ1v) is 6.75. The first-order chi connectivity index (χ1) is 8.67. The summed E-state index contributed by atoms with van der Waals surface area (Å²) in [5.41, 5.74) is 6.41. The minimum Gasteiger partial charge on any atom is -0.462 e. The van der Waals surface area contributed by atoms with Gasteiger partial charge in [-0.15, -0.1) is 11.3 Å². The van der Waals surface area contributed by atoms with Crippen LogP contribution in [0.3, 0.4) is 0 Å². The highest BCUT2D eigenvalue weighted by molar-refractivity contribution is 7.18. The molecule has 1 fully saturated rings. The molecule has 1 saturated carbocycles. The number of nitrogens with one attached hydrogen (secondary N) is 1. The number of ether oxygens (including phenoxy) is 1. The van der Waals surface area contributed by atoms with Gasteiger partial charge in [0.2, 0.25) is 0 Å². The summed E-state index contributed by atoms with van der Waals surface area (Å²) in [7, 11) is 0. The van der Waals surface area contributed by atoms with Crippen LogP contribution in [0.1, 0.15) is 41.4 Å². The first-order valence-electron chi connectivity index (χ1n) is 5.93. The molecule has 0 aromatic carbocycles. The van der Waals surface area contributed by atoms with E-state index in [4.69, 9.17) is 15.7 Å². The Morgan fingerprint density at radius 2 is 2.39 bits per heavy atom. The number of thiophene rings is 1. The molecule has 1 aromatic rings. The van der Waals surface area contributed by atoms with Gasteiger partial charge in [-0.05, 0) is 26.2 Å². The molecule has 0 spiro atoms. The van der Waals surface area contributed by atoms with Crippen molar-refractivity contribution in [2.24, 2.45) is 0 Å². The molecule has 1 aliphatic carbocycles. The number of nitrogens with two attached hydrogens (primary N) is 1. The molecule has 0 amide bonds. The Morgan fingerprint density at radius 1 is 1.67 bits per heavy atom. The molecule has 1 aliphatic rings. The Labute approximate surface area is 110 Å². The van der Waals surface area contributed by atoms with Gasteiger partial charge in [-0.2, -0.15) is 5.26 Å². The van der Waals surface area contributed by atoms with Gasteiger partial charge in [-0.1, -0.05) is 0 Å². The van der Waals surface area contributed by atoms with E-state index >= 15 is 0 Å². The molecule has 1 heterocycles. The van der Waals surface area contributed by atoms with Crippen LogP contribution in [0.5, 0.6) is 0 Å². The Morgan fingerprint density at radius 3 is 2.89 bits per heavy atom. The number of nitrogen functional groups attached to an aromatic ring is 1. The zero-order valence-electron chi connectivity index (χ0n) is 10.2. The lowest BCUT2D eigenvalue weighted by atomic mass is 9.93. The number of nitrogens with zero attached hydrogens (tertiary/aromatic N) is 1. The number of esters is 1. The fourth-order valence-electron chi connectivity index (χ4n) is 1.74. The Hall–Kier alpha value is -1.74. The predicted octanol–water partition coefficient (Wildman–Crippen LogP) is 2.34. The fraction of sp³-hybridized carbons (Fsp3) is 0.500. The van der Waals surface area contributed by atoms with Crippen molar-refractivity contribution in [3.63, 3.8) is 0 Å². The maximum Gasteiger partial charge on any atom is 0.350 e. The van der Waals surface area contributed by atoms with Crippen molar-refractivity contribution in [3.05, 3.63) is 10.4 Å². The molecular formula is C12H15N3O2S. The number of rotatable bonds is 4. The normalized spacial score (nSPS) is 14.7. The van der Waals surface area contributed by atoms with E-state index in [1.165, 1.54) is 17.8 Å². The van der Waals surface area contributed by atoms with E-state index in [0.717, 1.165) is 12.8 Å². The molecule has 1 aromatic heterocycles. The van der Waals surface area contributed by atoms with Crippen molar-refractivity contribution in [1.29, 1.82) is 5.26 Å². The lowest BCUT2D eigenvalue weighted by Gasteiger charge is -2.26. The topological polar surface area (TPSA) is 88.1 Å². The second-order valence-corrected chi connectivity index (χ2v) is 5.17. The fourth-order valence-corrected chi connectivity index (χ4v) is 2.78. The Balaban J connectivity index is 2.26. The molecule has 0 bridgehead atoms. The summed E-state index contributed by atoms with van der Waals surface area (Å²) < 4.78 is 4.92. The minimum absolute atomic E-state index is 0.225. The van der Waals surface area contributed by atoms with Gasteiger partial charge in [0.25, 0.3) is 0 Å². The summed E-state index contributed by atoms with van der Waals surface area (Å²) in [6.07, 6.45) is 3.39. The van der Waals surface area contributed by atoms with E-state index in [2.05, 4.69) is 5.32 Å². The summed E-state index contributed by atoms with van der Waals surface area (Å²) in [5, 5.41) is 13.1. The van der Waals surface area contributed by atoms with Gasteiger partial charge in [-0.3, -0.25) is 0 Å². The van der Waals surface area contributed by atoms with E-state index in [-0.39, 0.29) is 5.69 Å². The summed E-state index contributed by atoms with van der Waals surface area (Å²) in [4.78, 5) is 12.0. The van der Waals surface area contributed by atoms with Crippen LogP contribution in [0.4, 0.5) is 10.7 Å². The van der Waals surface area contributed by atoms with E-state index in [9.17, 15) is 4.79 Å². The maximum absolute atomic E-state index is 11.7. The number of carbonyl (C=O) groups excluding carboxylic acids is 1. The average molecular weight is 265 g/mol. The van der Waals surface area contributed by atoms with Crippen LogP contribution < -0.4 is 11.1 Å². The van der Waals surface area contributed by atoms with Gasteiger partial charge in [0.15, 0.2) is 0 Å². The van der Waals surface area contributed by atoms with Crippen molar-refractivity contribution >= 4 is 28.0 Å². The monoisotopic (exact) mass is 265 g/mol. The number of hydrogen-bond donors (Lipinski definition) is 2. The molecule has 2 rings (SSSR count). The third-order valence-electron chi connectivity index (χ3n) is 2.96. The molecule has 0 aliphatic heterocycles. The van der Waals surface area contributed by atoms with E-state index in [1.807, 2.05) is 6.07 Å². The second-order valence-electron chi connectivity index (χ2n) is 4.15. The van der Waals surface area contributed by atoms with Crippen LogP contribution in [0.15, 0.2) is 0 Å². The second kappa shape index (κ2) is 5.27. The van der Waals surface area contributed by atoms with E-state index in [1.54, 1.807) is 6.92 Å². The zero-order valence-corrected chi connectivity index (χ0v) is 11.0. The van der Waals surface area contributed by atoms with Gasteiger partial charge < -0.3 is 15.8 Å². The third kappa shape index (κ3) is 2.27. The highest BCUT2D eigenvalue weighted by atomic mass is 32.1. The average Bonchev–Trinajstić information content (AvgIpc) is 2.60. The number of carbonyl (C=O) groups is 1. The van der Waals surface area contributed by atoms with Crippen LogP contribution in [-0.2, 0) is 4.74 Å². The van der Waals surface area contributed by atoms with Crippen molar-refractivity contribution < 1.29 is 9.53 Å². The quantitative estimate of drug-likeness (QED) is 0.816. The van der Waals surface area contributed by atoms with Crippen LogP contribution in [0, 0.1) is 11.3 Å². The zero-order chi connectivity index (χ0) is 13.1. The van der Waals surface area contributed by atoms with Crippen molar-refractivity contribution in [2.45, 2.75) is 32.2 Å². The minimum atomic E-state index is -0.460. The highest BCUT2D eigenvalue weighted by Gasteiger charge is 2.25. The van der Waals surface area contributed by atoms with Crippen LogP contribution in [0.25, 0.3) is 0 Å². The Kier molecular flexibility index (Phi) is 3.72. The van der Waals surface area contributed by atoms with Crippen LogP contribution in [0.2, 0.25) is 0 Å². The van der Waals surface area contributed by atoms with Crippen LogP contribution >= 0.6 is 11.3 Å². The predicted molar refractivity (Wildman–Crippen MR) is 70.7 cm³/mol. The summed E-state index contributed by atoms with van der Waals surface area (Å²) >= 11 is 1.20. The lowest BCUT2D eigenvalue weighted by Crippen LogP contribution is -2.26. The largest absolute Gasteiger partial charge is 0.462 e. The molecule has 96 valence electrons. The first kappa shape index (κ1) is 12.7. The van der Waals surface area contributed by atoms with Gasteiger partial charge in [0.1, 0.15) is 21.5 Å². The van der Waals surface area contributed by atoms with Gasteiger partial charge in [-0.25, -0.2) is 4.79 Å². The molecule has 0 radical (unpaired) electrons. The lowest BCUT2D eigenvalue weighted by molar-refractivity contribution is 0.0533. The summed E-state index contributed by atoms with van der Waals surface area (Å²) in [5.74, 6) is -0.460. The Bertz CT molecular complexity index is 500. The van der Waals surface area contributed by atoms with Gasteiger partial charge in [0, 0.05) is 6.04 Å². The van der Waals surface area contributed by atoms with Crippen molar-refractivity contribution in [2.75, 3.05) is 17.7 Å². The molecule has 0 unspecified atom stereocenters. The van der Waals surface area contributed by atoms with Crippen LogP contribution in [-0.4, -0.2) is 18.6 Å². The molecular weight excluding hydrogens is 250 g/mol. The molecule has 18 heavy (non-hydrogen) atoms. The smallest absolute Gasteiger partial charge is 0.350 e. The molecule has 5 nitrogen and oxygen atoms in total. The summed E-state index contributed by atoms with van der Waals surface area (Å²) in [6.45, 7) is 2.03. The van der Waals surface area contributed by atoms with Gasteiger partial charge in [0.05, 0.1) is 12.3 Å². The highest BCUT2D eigenvalue weighted by Crippen LogP contribution is 2.37. The number of anilines is 2. The molecule has 0 saturated heterocycles. The number of hydrogen-bond acceptors (Lipinski definition) is 6. The third-order valence-corrected chi connectivity index (χ3v) is 4.07. The molecule has 3 N–H and O–H groups in total. The standard InChI is InChI=1S/C12H15N3O2S/c1-2-17-12(16)10-9(14)8(6-13)11(18-10)15-7-4-3-5-7/h7,15H,2-5,14H2,1H3. The van der Waals surface area contributed by atoms with Crippen molar-refractivity contribution in [3.8, 4) is 6.07 Å². The maximum atomic E-state index is 11.7. The van der Waals surface area contributed by atoms with E-state index in [0.29, 0.717) is 28.1 Å². The SMILES string of the molecule is CCOC(=O)c1sc(NC2CCC2)c(C#N)c1N. The van der Waals surface area contributed by atoms with Gasteiger partial charge >= 0.3 is 5.97 Å². The van der Waals surface area contributed by atoms with Crippen molar-refractivity contribution in [1.82, 2.24) is 0 Å². The van der Waals surface area contributed by atoms with E-state index < -0.39 is 5.97 Å².